The standard InChI is InChI=1S/C29H44N2O11/c1-19-25(35)26(36)27(37)29(42-19)40-17-16-30-22(32)13-8-9-14-23(33)31-21(28(38)39)12-6-3-7-15-24(34)41-18-20-10-4-2-5-11-20/h2,4-5,10-11,19,21,25-27,29,35-37H,3,6-9,12-18H2,1H3,(H,30,32)(H,31,33)(H,38,39)/t19-,21-,25+,26+,27-,29+/m0/s1. The van der Waals surface area contributed by atoms with Gasteiger partial charge in [0, 0.05) is 25.8 Å². The number of carbonyl (C=O) groups excluding carboxylic acids is 3. The molecule has 236 valence electrons. The van der Waals surface area contributed by atoms with E-state index in [0.29, 0.717) is 32.1 Å². The normalized spacial score (nSPS) is 22.6. The summed E-state index contributed by atoms with van der Waals surface area (Å²) in [4.78, 5) is 47.6. The fourth-order valence-electron chi connectivity index (χ4n) is 4.30. The second-order valence-electron chi connectivity index (χ2n) is 10.3. The third kappa shape index (κ3) is 13.3. The number of hydrogen-bond acceptors (Lipinski definition) is 10. The van der Waals surface area contributed by atoms with Crippen molar-refractivity contribution >= 4 is 23.8 Å². The molecule has 0 aromatic heterocycles. The van der Waals surface area contributed by atoms with Gasteiger partial charge in [0.25, 0.3) is 0 Å². The molecule has 0 saturated carbocycles. The van der Waals surface area contributed by atoms with Crippen LogP contribution in [-0.4, -0.2) is 94.1 Å². The van der Waals surface area contributed by atoms with Gasteiger partial charge in [0.2, 0.25) is 11.8 Å². The highest BCUT2D eigenvalue weighted by Crippen LogP contribution is 2.21. The molecule has 0 bridgehead atoms. The molecule has 1 aliphatic heterocycles. The highest BCUT2D eigenvalue weighted by molar-refractivity contribution is 5.83. The quantitative estimate of drug-likeness (QED) is 0.0973. The second-order valence-corrected chi connectivity index (χ2v) is 10.3. The molecule has 2 rings (SSSR count). The van der Waals surface area contributed by atoms with E-state index in [0.717, 1.165) is 5.56 Å². The molecular weight excluding hydrogens is 552 g/mol. The third-order valence-electron chi connectivity index (χ3n) is 6.82. The lowest BCUT2D eigenvalue weighted by molar-refractivity contribution is -0.292. The van der Waals surface area contributed by atoms with E-state index in [-0.39, 0.29) is 57.3 Å². The maximum atomic E-state index is 12.2. The number of hydrogen-bond donors (Lipinski definition) is 6. The molecule has 1 aliphatic rings. The predicted molar refractivity (Wildman–Crippen MR) is 149 cm³/mol. The number of nitrogens with one attached hydrogen (secondary N) is 2. The summed E-state index contributed by atoms with van der Waals surface area (Å²) in [6, 6.07) is 8.33. The van der Waals surface area contributed by atoms with Crippen molar-refractivity contribution in [1.82, 2.24) is 10.6 Å². The van der Waals surface area contributed by atoms with Crippen molar-refractivity contribution in [2.24, 2.45) is 0 Å². The third-order valence-corrected chi connectivity index (χ3v) is 6.82. The van der Waals surface area contributed by atoms with Gasteiger partial charge in [-0.25, -0.2) is 4.79 Å². The van der Waals surface area contributed by atoms with Gasteiger partial charge in [0.15, 0.2) is 6.29 Å². The Morgan fingerprint density at radius 1 is 0.881 bits per heavy atom. The molecule has 0 aliphatic carbocycles. The van der Waals surface area contributed by atoms with Crippen molar-refractivity contribution in [2.75, 3.05) is 13.2 Å². The number of aliphatic carboxylic acids is 1. The Kier molecular flexibility index (Phi) is 16.0. The fraction of sp³-hybridized carbons (Fsp3) is 0.655. The van der Waals surface area contributed by atoms with E-state index in [1.807, 2.05) is 30.3 Å². The number of amides is 2. The zero-order chi connectivity index (χ0) is 30.9. The first-order chi connectivity index (χ1) is 20.1. The Hall–Kier alpha value is -3.10. The van der Waals surface area contributed by atoms with Crippen LogP contribution in [0, 0.1) is 0 Å². The molecule has 42 heavy (non-hydrogen) atoms. The van der Waals surface area contributed by atoms with Crippen molar-refractivity contribution in [1.29, 1.82) is 0 Å². The summed E-state index contributed by atoms with van der Waals surface area (Å²) in [5, 5.41) is 44.0. The van der Waals surface area contributed by atoms with E-state index in [4.69, 9.17) is 14.2 Å². The summed E-state index contributed by atoms with van der Waals surface area (Å²) in [6.07, 6.45) is -2.64. The van der Waals surface area contributed by atoms with Gasteiger partial charge >= 0.3 is 11.9 Å². The Balaban J connectivity index is 1.50. The van der Waals surface area contributed by atoms with Crippen LogP contribution < -0.4 is 10.6 Å². The molecule has 0 unspecified atom stereocenters. The number of unbranched alkanes of at least 4 members (excludes halogenated alkanes) is 3. The minimum Gasteiger partial charge on any atom is -0.480 e. The minimum absolute atomic E-state index is 0.0142. The number of carboxylic acids is 1. The van der Waals surface area contributed by atoms with E-state index in [1.165, 1.54) is 6.92 Å². The molecular formula is C29H44N2O11. The Morgan fingerprint density at radius 3 is 2.24 bits per heavy atom. The van der Waals surface area contributed by atoms with E-state index in [1.54, 1.807) is 0 Å². The number of carbonyl (C=O) groups is 4. The molecule has 1 aromatic rings. The van der Waals surface area contributed by atoms with Crippen molar-refractivity contribution < 1.29 is 53.8 Å². The molecule has 1 heterocycles. The monoisotopic (exact) mass is 596 g/mol. The van der Waals surface area contributed by atoms with Crippen molar-refractivity contribution in [3.63, 3.8) is 0 Å². The topological polar surface area (TPSA) is 201 Å². The zero-order valence-electron chi connectivity index (χ0n) is 24.0. The van der Waals surface area contributed by atoms with Gasteiger partial charge in [-0.3, -0.25) is 14.4 Å². The maximum absolute atomic E-state index is 12.2. The van der Waals surface area contributed by atoms with Crippen LogP contribution in [0.3, 0.4) is 0 Å². The summed E-state index contributed by atoms with van der Waals surface area (Å²) in [5.74, 6) is -2.11. The average Bonchev–Trinajstić information content (AvgIpc) is 2.97. The van der Waals surface area contributed by atoms with Gasteiger partial charge in [0.1, 0.15) is 31.0 Å². The molecule has 6 N–H and O–H groups in total. The largest absolute Gasteiger partial charge is 0.480 e. The first kappa shape index (κ1) is 35.1. The summed E-state index contributed by atoms with van der Waals surface area (Å²) >= 11 is 0. The number of aliphatic hydroxyl groups is 3. The highest BCUT2D eigenvalue weighted by Gasteiger charge is 2.42. The van der Waals surface area contributed by atoms with Crippen LogP contribution in [0.1, 0.15) is 70.3 Å². The minimum atomic E-state index is -1.42. The lowest BCUT2D eigenvalue weighted by Gasteiger charge is -2.38. The Labute approximate surface area is 245 Å². The van der Waals surface area contributed by atoms with Crippen LogP contribution in [0.2, 0.25) is 0 Å². The number of aliphatic hydroxyl groups excluding tert-OH is 3. The van der Waals surface area contributed by atoms with Crippen molar-refractivity contribution in [3.05, 3.63) is 35.9 Å². The highest BCUT2D eigenvalue weighted by atomic mass is 16.7. The van der Waals surface area contributed by atoms with Gasteiger partial charge in [-0.2, -0.15) is 0 Å². The molecule has 2 amide bonds. The molecule has 1 fully saturated rings. The van der Waals surface area contributed by atoms with Gasteiger partial charge in [0.05, 0.1) is 12.7 Å². The second kappa shape index (κ2) is 19.2. The number of esters is 1. The van der Waals surface area contributed by atoms with Crippen molar-refractivity contribution in [3.8, 4) is 0 Å². The Bertz CT molecular complexity index is 978. The van der Waals surface area contributed by atoms with Crippen LogP contribution in [0.15, 0.2) is 30.3 Å². The summed E-state index contributed by atoms with van der Waals surface area (Å²) in [5.41, 5.74) is 0.906. The van der Waals surface area contributed by atoms with E-state index in [2.05, 4.69) is 10.6 Å². The maximum Gasteiger partial charge on any atom is 0.326 e. The first-order valence-corrected chi connectivity index (χ1v) is 14.4. The van der Waals surface area contributed by atoms with Crippen LogP contribution >= 0.6 is 0 Å². The molecule has 1 aromatic carbocycles. The molecule has 0 radical (unpaired) electrons. The number of ether oxygens (including phenoxy) is 3. The molecule has 13 nitrogen and oxygen atoms in total. The molecule has 6 atom stereocenters. The van der Waals surface area contributed by atoms with Crippen LogP contribution in [0.5, 0.6) is 0 Å². The first-order valence-electron chi connectivity index (χ1n) is 14.4. The van der Waals surface area contributed by atoms with Crippen LogP contribution in [0.4, 0.5) is 0 Å². The number of carboxylic acid groups (broad SMARTS) is 1. The SMILES string of the molecule is C[C@@H]1O[C@@H](OCCNC(=O)CCCCC(=O)N[C@@H](CCCCCC(=O)OCc2ccccc2)C(=O)O)[C@@H](O)[C@H](O)[C@@H]1O. The molecule has 0 spiro atoms. The smallest absolute Gasteiger partial charge is 0.326 e. The van der Waals surface area contributed by atoms with E-state index in [9.17, 15) is 39.6 Å². The summed E-state index contributed by atoms with van der Waals surface area (Å²) in [6.45, 7) is 1.90. The van der Waals surface area contributed by atoms with Crippen molar-refractivity contribution in [2.45, 2.75) is 108 Å². The Morgan fingerprint density at radius 2 is 1.55 bits per heavy atom. The number of benzene rings is 1. The van der Waals surface area contributed by atoms with E-state index < -0.39 is 48.6 Å². The average molecular weight is 597 g/mol. The lowest BCUT2D eigenvalue weighted by Crippen LogP contribution is -2.57. The van der Waals surface area contributed by atoms with E-state index >= 15 is 0 Å². The van der Waals surface area contributed by atoms with Gasteiger partial charge in [-0.05, 0) is 38.2 Å². The van der Waals surface area contributed by atoms with Crippen LogP contribution in [0.25, 0.3) is 0 Å². The zero-order valence-corrected chi connectivity index (χ0v) is 24.0. The lowest BCUT2D eigenvalue weighted by atomic mass is 10.0. The molecule has 1 saturated heterocycles. The summed E-state index contributed by atoms with van der Waals surface area (Å²) < 4.78 is 15.9. The number of rotatable bonds is 19. The molecule has 13 heteroatoms. The summed E-state index contributed by atoms with van der Waals surface area (Å²) in [7, 11) is 0. The van der Waals surface area contributed by atoms with Crippen LogP contribution in [-0.2, 0) is 40.0 Å². The predicted octanol–water partition coefficient (Wildman–Crippen LogP) is 0.770. The fourth-order valence-corrected chi connectivity index (χ4v) is 4.30. The van der Waals surface area contributed by atoms with Gasteiger partial charge < -0.3 is 45.3 Å². The van der Waals surface area contributed by atoms with Gasteiger partial charge in [-0.1, -0.05) is 43.2 Å². The van der Waals surface area contributed by atoms with Gasteiger partial charge in [-0.15, -0.1) is 0 Å².